The highest BCUT2D eigenvalue weighted by Crippen LogP contribution is 2.17. The molecule has 2 heterocycles. The third-order valence-electron chi connectivity index (χ3n) is 3.28. The van der Waals surface area contributed by atoms with Gasteiger partial charge in [-0.05, 0) is 30.7 Å². The number of hydrogen-bond acceptors (Lipinski definition) is 3. The zero-order chi connectivity index (χ0) is 13.9. The average Bonchev–Trinajstić information content (AvgIpc) is 2.96. The Morgan fingerprint density at radius 2 is 2.05 bits per heavy atom. The van der Waals surface area contributed by atoms with Gasteiger partial charge in [0.05, 0.1) is 23.3 Å². The summed E-state index contributed by atoms with van der Waals surface area (Å²) in [5.74, 6) is -0.121. The molecule has 1 aromatic carbocycles. The second kappa shape index (κ2) is 5.13. The Hall–Kier alpha value is -2.69. The standard InChI is InChI=1S/C15H14N4O/c1-10(11-5-7-16-8-6-11)18-15(20)13-4-2-3-12-9-17-19-14(12)13/h2-10H,1H3,(H,17,19)(H,18,20)/t10-/m0/s1. The first-order chi connectivity index (χ1) is 9.75. The summed E-state index contributed by atoms with van der Waals surface area (Å²) in [7, 11) is 0. The monoisotopic (exact) mass is 266 g/mol. The van der Waals surface area contributed by atoms with Gasteiger partial charge in [0, 0.05) is 17.8 Å². The van der Waals surface area contributed by atoms with Gasteiger partial charge in [0.2, 0.25) is 0 Å². The van der Waals surface area contributed by atoms with Crippen LogP contribution >= 0.6 is 0 Å². The fraction of sp³-hybridized carbons (Fsp3) is 0.133. The number of nitrogens with one attached hydrogen (secondary N) is 2. The molecule has 0 aliphatic carbocycles. The molecule has 3 aromatic rings. The molecule has 1 amide bonds. The number of benzene rings is 1. The molecule has 0 saturated carbocycles. The van der Waals surface area contributed by atoms with Crippen molar-refractivity contribution < 1.29 is 4.79 Å². The van der Waals surface area contributed by atoms with Crippen molar-refractivity contribution in [2.75, 3.05) is 0 Å². The quantitative estimate of drug-likeness (QED) is 0.765. The number of nitrogens with zero attached hydrogens (tertiary/aromatic N) is 2. The first-order valence-corrected chi connectivity index (χ1v) is 6.38. The van der Waals surface area contributed by atoms with Gasteiger partial charge in [0.25, 0.3) is 5.91 Å². The van der Waals surface area contributed by atoms with E-state index in [1.165, 1.54) is 0 Å². The number of aromatic amines is 1. The Morgan fingerprint density at radius 1 is 1.25 bits per heavy atom. The lowest BCUT2D eigenvalue weighted by Gasteiger charge is -2.14. The molecule has 3 rings (SSSR count). The summed E-state index contributed by atoms with van der Waals surface area (Å²) in [5, 5.41) is 10.7. The van der Waals surface area contributed by atoms with E-state index in [0.29, 0.717) is 5.56 Å². The van der Waals surface area contributed by atoms with Gasteiger partial charge >= 0.3 is 0 Å². The third kappa shape index (κ3) is 2.25. The number of para-hydroxylation sites is 1. The predicted molar refractivity (Wildman–Crippen MR) is 76.2 cm³/mol. The van der Waals surface area contributed by atoms with Gasteiger partial charge in [-0.15, -0.1) is 0 Å². The first kappa shape index (κ1) is 12.3. The third-order valence-corrected chi connectivity index (χ3v) is 3.28. The van der Waals surface area contributed by atoms with Crippen LogP contribution < -0.4 is 5.32 Å². The number of carbonyl (C=O) groups is 1. The van der Waals surface area contributed by atoms with Crippen LogP contribution in [0.5, 0.6) is 0 Å². The van der Waals surface area contributed by atoms with Crippen molar-refractivity contribution in [3.05, 3.63) is 60.0 Å². The SMILES string of the molecule is C[C@H](NC(=O)c1cccc2cn[nH]c12)c1ccncc1. The molecule has 5 nitrogen and oxygen atoms in total. The lowest BCUT2D eigenvalue weighted by Crippen LogP contribution is -2.26. The highest BCUT2D eigenvalue weighted by Gasteiger charge is 2.14. The molecule has 1 atom stereocenters. The lowest BCUT2D eigenvalue weighted by molar-refractivity contribution is 0.0941. The number of amides is 1. The van der Waals surface area contributed by atoms with Crippen LogP contribution in [0.15, 0.2) is 48.9 Å². The summed E-state index contributed by atoms with van der Waals surface area (Å²) in [6, 6.07) is 9.26. The fourth-order valence-corrected chi connectivity index (χ4v) is 2.17. The first-order valence-electron chi connectivity index (χ1n) is 6.38. The molecule has 5 heteroatoms. The van der Waals surface area contributed by atoms with Gasteiger partial charge in [-0.3, -0.25) is 14.9 Å². The van der Waals surface area contributed by atoms with E-state index in [1.807, 2.05) is 31.2 Å². The summed E-state index contributed by atoms with van der Waals surface area (Å²) >= 11 is 0. The molecule has 0 spiro atoms. The highest BCUT2D eigenvalue weighted by molar-refractivity contribution is 6.05. The van der Waals surface area contributed by atoms with E-state index in [9.17, 15) is 4.79 Å². The zero-order valence-electron chi connectivity index (χ0n) is 11.0. The molecule has 0 radical (unpaired) electrons. The maximum absolute atomic E-state index is 12.4. The Bertz CT molecular complexity index is 736. The average molecular weight is 266 g/mol. The van der Waals surface area contributed by atoms with Gasteiger partial charge in [-0.2, -0.15) is 5.10 Å². The molecule has 0 aliphatic rings. The molecule has 0 unspecified atom stereocenters. The van der Waals surface area contributed by atoms with Crippen LogP contribution in [0.25, 0.3) is 10.9 Å². The van der Waals surface area contributed by atoms with Crippen LogP contribution in [0.1, 0.15) is 28.9 Å². The van der Waals surface area contributed by atoms with Gasteiger partial charge in [-0.25, -0.2) is 0 Å². The molecular weight excluding hydrogens is 252 g/mol. The summed E-state index contributed by atoms with van der Waals surface area (Å²) in [6.45, 7) is 1.94. The summed E-state index contributed by atoms with van der Waals surface area (Å²) in [5.41, 5.74) is 2.37. The van der Waals surface area contributed by atoms with Crippen LogP contribution in [0.4, 0.5) is 0 Å². The Morgan fingerprint density at radius 3 is 2.85 bits per heavy atom. The van der Waals surface area contributed by atoms with E-state index in [4.69, 9.17) is 0 Å². The normalized spacial score (nSPS) is 12.2. The summed E-state index contributed by atoms with van der Waals surface area (Å²) in [4.78, 5) is 16.3. The van der Waals surface area contributed by atoms with E-state index < -0.39 is 0 Å². The highest BCUT2D eigenvalue weighted by atomic mass is 16.1. The van der Waals surface area contributed by atoms with Crippen LogP contribution in [0.3, 0.4) is 0 Å². The van der Waals surface area contributed by atoms with Crippen molar-refractivity contribution in [3.63, 3.8) is 0 Å². The Labute approximate surface area is 116 Å². The Kier molecular flexibility index (Phi) is 3.16. The van der Waals surface area contributed by atoms with E-state index >= 15 is 0 Å². The van der Waals surface area contributed by atoms with Gasteiger partial charge in [0.1, 0.15) is 0 Å². The topological polar surface area (TPSA) is 70.7 Å². The molecule has 100 valence electrons. The van der Waals surface area contributed by atoms with Gasteiger partial charge in [-0.1, -0.05) is 12.1 Å². The van der Waals surface area contributed by atoms with Crippen LogP contribution in [0, 0.1) is 0 Å². The Balaban J connectivity index is 1.85. The van der Waals surface area contributed by atoms with Crippen LogP contribution in [-0.2, 0) is 0 Å². The molecule has 0 fully saturated rings. The zero-order valence-corrected chi connectivity index (χ0v) is 11.0. The van der Waals surface area contributed by atoms with E-state index in [0.717, 1.165) is 16.5 Å². The number of aromatic nitrogens is 3. The second-order valence-corrected chi connectivity index (χ2v) is 4.62. The minimum absolute atomic E-state index is 0.0799. The molecule has 2 aromatic heterocycles. The minimum Gasteiger partial charge on any atom is -0.345 e. The number of fused-ring (bicyclic) bond motifs is 1. The number of rotatable bonds is 3. The van der Waals surface area contributed by atoms with Crippen molar-refractivity contribution in [2.45, 2.75) is 13.0 Å². The molecule has 0 aliphatic heterocycles. The van der Waals surface area contributed by atoms with Gasteiger partial charge < -0.3 is 5.32 Å². The summed E-state index contributed by atoms with van der Waals surface area (Å²) < 4.78 is 0. The molecule has 2 N–H and O–H groups in total. The molecular formula is C15H14N4O. The minimum atomic E-state index is -0.121. The second-order valence-electron chi connectivity index (χ2n) is 4.62. The fourth-order valence-electron chi connectivity index (χ4n) is 2.17. The predicted octanol–water partition coefficient (Wildman–Crippen LogP) is 2.45. The molecule has 0 saturated heterocycles. The van der Waals surface area contributed by atoms with Crippen molar-refractivity contribution in [3.8, 4) is 0 Å². The van der Waals surface area contributed by atoms with Crippen molar-refractivity contribution >= 4 is 16.8 Å². The number of hydrogen-bond donors (Lipinski definition) is 2. The van der Waals surface area contributed by atoms with E-state index in [1.54, 1.807) is 24.7 Å². The van der Waals surface area contributed by atoms with Gasteiger partial charge in [0.15, 0.2) is 0 Å². The lowest BCUT2D eigenvalue weighted by atomic mass is 10.1. The molecule has 0 bridgehead atoms. The number of carbonyl (C=O) groups excluding carboxylic acids is 1. The number of pyridine rings is 1. The van der Waals surface area contributed by atoms with Crippen molar-refractivity contribution in [2.24, 2.45) is 0 Å². The van der Waals surface area contributed by atoms with Crippen molar-refractivity contribution in [1.29, 1.82) is 0 Å². The van der Waals surface area contributed by atoms with Crippen LogP contribution in [0.2, 0.25) is 0 Å². The largest absolute Gasteiger partial charge is 0.345 e. The van der Waals surface area contributed by atoms with Crippen molar-refractivity contribution in [1.82, 2.24) is 20.5 Å². The van der Waals surface area contributed by atoms with Crippen LogP contribution in [-0.4, -0.2) is 21.1 Å². The smallest absolute Gasteiger partial charge is 0.253 e. The number of H-pyrrole nitrogens is 1. The molecule has 20 heavy (non-hydrogen) atoms. The summed E-state index contributed by atoms with van der Waals surface area (Å²) in [6.07, 6.45) is 5.14. The van der Waals surface area contributed by atoms with E-state index in [-0.39, 0.29) is 11.9 Å². The maximum Gasteiger partial charge on any atom is 0.253 e. The van der Waals surface area contributed by atoms with E-state index in [2.05, 4.69) is 20.5 Å². The maximum atomic E-state index is 12.4.